The molecule has 2 fully saturated rings. The number of halogens is 1. The van der Waals surface area contributed by atoms with Gasteiger partial charge in [-0.1, -0.05) is 12.5 Å². The van der Waals surface area contributed by atoms with Crippen molar-refractivity contribution in [3.63, 3.8) is 0 Å². The first-order valence-corrected chi connectivity index (χ1v) is 13.7. The van der Waals surface area contributed by atoms with Crippen LogP contribution in [0.5, 0.6) is 0 Å². The number of nitrogens with two attached hydrogens (primary N) is 2. The molecule has 9 heteroatoms. The zero-order valence-corrected chi connectivity index (χ0v) is 21.8. The molecule has 2 aromatic carbocycles. The Kier molecular flexibility index (Phi) is 6.41. The highest BCUT2D eigenvalue weighted by Crippen LogP contribution is 2.52. The summed E-state index contributed by atoms with van der Waals surface area (Å²) in [7, 11) is 0. The molecule has 1 amide bonds. The van der Waals surface area contributed by atoms with Gasteiger partial charge in [-0.2, -0.15) is 0 Å². The first kappa shape index (κ1) is 25.6. The maximum Gasteiger partial charge on any atom is 0.319 e. The van der Waals surface area contributed by atoms with E-state index in [4.69, 9.17) is 16.2 Å². The van der Waals surface area contributed by atoms with E-state index in [1.807, 2.05) is 12.1 Å². The van der Waals surface area contributed by atoms with E-state index >= 15 is 0 Å². The monoisotopic (exact) mass is 532 g/mol. The topological polar surface area (TPSA) is 129 Å². The molecule has 0 unspecified atom stereocenters. The van der Waals surface area contributed by atoms with Gasteiger partial charge >= 0.3 is 5.97 Å². The lowest BCUT2D eigenvalue weighted by atomic mass is 9.62. The van der Waals surface area contributed by atoms with E-state index in [9.17, 15) is 18.8 Å². The van der Waals surface area contributed by atoms with Crippen LogP contribution in [0.1, 0.15) is 72.2 Å². The molecule has 0 radical (unpaired) electrons. The number of carbonyl (C=O) groups excluding carboxylic acids is 3. The molecule has 39 heavy (non-hydrogen) atoms. The molecule has 3 aliphatic rings. The summed E-state index contributed by atoms with van der Waals surface area (Å²) < 4.78 is 21.4. The lowest BCUT2D eigenvalue weighted by Gasteiger charge is -2.44. The zero-order chi connectivity index (χ0) is 27.3. The van der Waals surface area contributed by atoms with Gasteiger partial charge < -0.3 is 21.5 Å². The number of amides is 1. The molecule has 204 valence electrons. The van der Waals surface area contributed by atoms with E-state index in [0.29, 0.717) is 36.0 Å². The maximum atomic E-state index is 14.3. The van der Waals surface area contributed by atoms with Crippen molar-refractivity contribution in [1.82, 2.24) is 4.57 Å². The maximum absolute atomic E-state index is 14.3. The predicted octanol–water partition coefficient (Wildman–Crippen LogP) is 4.53. The second-order valence-electron chi connectivity index (χ2n) is 11.4. The number of esters is 1. The van der Waals surface area contributed by atoms with Crippen LogP contribution in [0.15, 0.2) is 36.4 Å². The van der Waals surface area contributed by atoms with Crippen molar-refractivity contribution >= 4 is 34.4 Å². The molecule has 2 heterocycles. The summed E-state index contributed by atoms with van der Waals surface area (Å²) in [6.45, 7) is -0.134. The number of carbonyl (C=O) groups is 3. The zero-order valence-electron chi connectivity index (χ0n) is 21.8. The number of rotatable bonds is 6. The minimum absolute atomic E-state index is 0.0111. The van der Waals surface area contributed by atoms with Crippen molar-refractivity contribution in [2.45, 2.75) is 69.9 Å². The lowest BCUT2D eigenvalue weighted by Crippen LogP contribution is -2.40. The number of ether oxygens (including phenoxy) is 1. The molecular formula is C30H33FN4O4. The average Bonchev–Trinajstić information content (AvgIpc) is 3.22. The first-order chi connectivity index (χ1) is 18.8. The Labute approximate surface area is 225 Å². The van der Waals surface area contributed by atoms with E-state index in [2.05, 4.69) is 5.32 Å². The SMILES string of the molecule is NCC(=O)O[C@H]1CC[C@H](Nc2cc(-c3c4n(c5cc(F)ccc35)C(=O)CC3(CCC3)C4)ccc2C(N)=O)CC1. The quantitative estimate of drug-likeness (QED) is 0.400. The van der Waals surface area contributed by atoms with Crippen molar-refractivity contribution in [1.29, 1.82) is 0 Å². The van der Waals surface area contributed by atoms with E-state index in [-0.39, 0.29) is 35.8 Å². The van der Waals surface area contributed by atoms with Crippen LogP contribution < -0.4 is 16.8 Å². The average molecular weight is 533 g/mol. The Morgan fingerprint density at radius 3 is 2.51 bits per heavy atom. The summed E-state index contributed by atoms with van der Waals surface area (Å²) in [6.07, 6.45) is 7.15. The summed E-state index contributed by atoms with van der Waals surface area (Å²) in [4.78, 5) is 37.3. The van der Waals surface area contributed by atoms with Gasteiger partial charge in [0.05, 0.1) is 17.6 Å². The number of primary amides is 1. The molecule has 2 aliphatic carbocycles. The van der Waals surface area contributed by atoms with E-state index in [1.54, 1.807) is 16.7 Å². The van der Waals surface area contributed by atoms with E-state index in [0.717, 1.165) is 60.7 Å². The predicted molar refractivity (Wildman–Crippen MR) is 146 cm³/mol. The Bertz CT molecular complexity index is 1480. The molecule has 1 aromatic heterocycles. The Hall–Kier alpha value is -3.72. The molecule has 3 aromatic rings. The normalized spacial score (nSPS) is 21.8. The van der Waals surface area contributed by atoms with Gasteiger partial charge in [-0.25, -0.2) is 4.39 Å². The summed E-state index contributed by atoms with van der Waals surface area (Å²) >= 11 is 0. The number of nitrogens with one attached hydrogen (secondary N) is 1. The van der Waals surface area contributed by atoms with Gasteiger partial charge in [-0.3, -0.25) is 19.0 Å². The molecular weight excluding hydrogens is 499 g/mol. The van der Waals surface area contributed by atoms with E-state index in [1.165, 1.54) is 12.1 Å². The van der Waals surface area contributed by atoms with Crippen LogP contribution in [0, 0.1) is 11.2 Å². The van der Waals surface area contributed by atoms with Crippen molar-refractivity contribution in [3.8, 4) is 11.1 Å². The Morgan fingerprint density at radius 2 is 1.85 bits per heavy atom. The van der Waals surface area contributed by atoms with Crippen LogP contribution in [0.25, 0.3) is 22.0 Å². The van der Waals surface area contributed by atoms with Crippen LogP contribution in [-0.4, -0.2) is 41.0 Å². The van der Waals surface area contributed by atoms with Crippen molar-refractivity contribution in [3.05, 3.63) is 53.5 Å². The molecule has 2 saturated carbocycles. The summed E-state index contributed by atoms with van der Waals surface area (Å²) in [5.74, 6) is -1.31. The summed E-state index contributed by atoms with van der Waals surface area (Å²) in [5.41, 5.74) is 15.3. The number of aromatic nitrogens is 1. The third-order valence-electron chi connectivity index (χ3n) is 8.83. The van der Waals surface area contributed by atoms with Gasteiger partial charge in [-0.05, 0) is 86.3 Å². The molecule has 1 spiro atoms. The molecule has 1 aliphatic heterocycles. The van der Waals surface area contributed by atoms with Crippen LogP contribution in [0.2, 0.25) is 0 Å². The fourth-order valence-electron chi connectivity index (χ4n) is 6.75. The number of anilines is 1. The largest absolute Gasteiger partial charge is 0.461 e. The van der Waals surface area contributed by atoms with Crippen LogP contribution in [0.4, 0.5) is 10.1 Å². The van der Waals surface area contributed by atoms with Crippen molar-refractivity contribution in [2.75, 3.05) is 11.9 Å². The highest BCUT2D eigenvalue weighted by molar-refractivity contribution is 6.06. The van der Waals surface area contributed by atoms with Crippen molar-refractivity contribution < 1.29 is 23.5 Å². The molecule has 5 N–H and O–H groups in total. The molecule has 8 nitrogen and oxygen atoms in total. The minimum Gasteiger partial charge on any atom is -0.461 e. The number of hydrogen-bond donors (Lipinski definition) is 3. The van der Waals surface area contributed by atoms with Gasteiger partial charge in [-0.15, -0.1) is 0 Å². The minimum atomic E-state index is -0.538. The van der Waals surface area contributed by atoms with Gasteiger partial charge in [0.15, 0.2) is 0 Å². The third kappa shape index (κ3) is 4.58. The van der Waals surface area contributed by atoms with Crippen molar-refractivity contribution in [2.24, 2.45) is 16.9 Å². The van der Waals surface area contributed by atoms with Gasteiger partial charge in [0.25, 0.3) is 5.91 Å². The lowest BCUT2D eigenvalue weighted by molar-refractivity contribution is -0.148. The van der Waals surface area contributed by atoms with Gasteiger partial charge in [0, 0.05) is 34.8 Å². The molecule has 0 atom stereocenters. The van der Waals surface area contributed by atoms with Gasteiger partial charge in [0.2, 0.25) is 5.91 Å². The highest BCUT2D eigenvalue weighted by atomic mass is 19.1. The standard InChI is InChI=1S/C30H33FN4O4/c31-18-3-9-22-24(13-18)35-25(14-30(10-1-11-30)15-26(35)36)28(22)17-2-8-21(29(33)38)23(12-17)34-19-4-6-20(7-5-19)39-27(37)16-32/h2-3,8-9,12-13,19-20,34H,1,4-7,10-11,14-16,32H2,(H2,33,38)/t19-,20-. The van der Waals surface area contributed by atoms with Crippen LogP contribution in [-0.2, 0) is 16.0 Å². The molecule has 6 rings (SSSR count). The number of benzene rings is 2. The Balaban J connectivity index is 1.37. The number of hydrogen-bond acceptors (Lipinski definition) is 6. The van der Waals surface area contributed by atoms with Crippen LogP contribution >= 0.6 is 0 Å². The summed E-state index contributed by atoms with van der Waals surface area (Å²) in [6, 6.07) is 10.2. The Morgan fingerprint density at radius 1 is 1.08 bits per heavy atom. The second kappa shape index (κ2) is 9.79. The second-order valence-corrected chi connectivity index (χ2v) is 11.4. The highest BCUT2D eigenvalue weighted by Gasteiger charge is 2.45. The fourth-order valence-corrected chi connectivity index (χ4v) is 6.75. The first-order valence-electron chi connectivity index (χ1n) is 13.7. The molecule has 0 bridgehead atoms. The smallest absolute Gasteiger partial charge is 0.319 e. The third-order valence-corrected chi connectivity index (χ3v) is 8.83. The van der Waals surface area contributed by atoms with Gasteiger partial charge in [0.1, 0.15) is 11.9 Å². The van der Waals surface area contributed by atoms with Crippen LogP contribution in [0.3, 0.4) is 0 Å². The number of fused-ring (bicyclic) bond motifs is 3. The fraction of sp³-hybridized carbons (Fsp3) is 0.433. The summed E-state index contributed by atoms with van der Waals surface area (Å²) in [5, 5.41) is 4.32. The number of nitrogens with zero attached hydrogens (tertiary/aromatic N) is 1. The van der Waals surface area contributed by atoms with E-state index < -0.39 is 11.9 Å². The molecule has 0 saturated heterocycles.